The molecule has 0 saturated carbocycles. The topological polar surface area (TPSA) is 84.8 Å². The molecule has 1 aromatic carbocycles. The van der Waals surface area contributed by atoms with Gasteiger partial charge in [-0.3, -0.25) is 4.98 Å². The summed E-state index contributed by atoms with van der Waals surface area (Å²) < 4.78 is 25.3. The first-order chi connectivity index (χ1) is 19.2. The van der Waals surface area contributed by atoms with Gasteiger partial charge in [-0.2, -0.15) is 0 Å². The largest absolute Gasteiger partial charge is 0.479 e. The lowest BCUT2D eigenvalue weighted by Gasteiger charge is -2.41. The Morgan fingerprint density at radius 1 is 1.10 bits per heavy atom. The van der Waals surface area contributed by atoms with Crippen LogP contribution in [-0.4, -0.2) is 46.3 Å². The maximum atomic E-state index is 13.2. The molecule has 41 heavy (non-hydrogen) atoms. The summed E-state index contributed by atoms with van der Waals surface area (Å²) in [5.74, 6) is -0.777. The molecule has 3 aromatic rings. The fourth-order valence-electron chi connectivity index (χ4n) is 5.17. The van der Waals surface area contributed by atoms with Gasteiger partial charge >= 0.3 is 5.97 Å². The molecule has 1 N–H and O–H groups in total. The zero-order chi connectivity index (χ0) is 29.9. The van der Waals surface area contributed by atoms with E-state index in [4.69, 9.17) is 9.47 Å². The van der Waals surface area contributed by atoms with Gasteiger partial charge in [0.1, 0.15) is 5.82 Å². The molecule has 0 spiro atoms. The van der Waals surface area contributed by atoms with Gasteiger partial charge in [0.2, 0.25) is 5.88 Å². The van der Waals surface area contributed by atoms with Gasteiger partial charge in [-0.15, -0.1) is 0 Å². The minimum atomic E-state index is -1.17. The van der Waals surface area contributed by atoms with Crippen molar-refractivity contribution in [1.29, 1.82) is 0 Å². The van der Waals surface area contributed by atoms with Crippen LogP contribution in [0, 0.1) is 25.1 Å². The van der Waals surface area contributed by atoms with Crippen molar-refractivity contribution in [2.24, 2.45) is 5.41 Å². The zero-order valence-corrected chi connectivity index (χ0v) is 25.3. The molecule has 1 aliphatic rings. The number of benzene rings is 1. The highest BCUT2D eigenvalue weighted by molar-refractivity contribution is 5.86. The Morgan fingerprint density at radius 3 is 2.34 bits per heavy atom. The number of carboxylic acid groups (broad SMARTS) is 1. The van der Waals surface area contributed by atoms with Crippen molar-refractivity contribution in [3.05, 3.63) is 70.9 Å². The van der Waals surface area contributed by atoms with Crippen LogP contribution in [0.25, 0.3) is 11.1 Å². The number of pyridine rings is 2. The first-order valence-electron chi connectivity index (χ1n) is 14.2. The number of aryl methyl sites for hydroxylation is 2. The number of aromatic nitrogens is 2. The van der Waals surface area contributed by atoms with Gasteiger partial charge in [-0.25, -0.2) is 14.2 Å². The van der Waals surface area contributed by atoms with Gasteiger partial charge in [-0.1, -0.05) is 26.0 Å². The van der Waals surface area contributed by atoms with Crippen LogP contribution in [0.5, 0.6) is 5.88 Å². The Hall–Kier alpha value is -3.52. The van der Waals surface area contributed by atoms with E-state index in [2.05, 4.69) is 28.7 Å². The highest BCUT2D eigenvalue weighted by Gasteiger charge is 2.35. The first kappa shape index (κ1) is 30.4. The lowest BCUT2D eigenvalue weighted by atomic mass is 9.82. The smallest absolute Gasteiger partial charge is 0.337 e. The number of carboxylic acids is 1. The number of piperidine rings is 1. The van der Waals surface area contributed by atoms with Crippen molar-refractivity contribution in [3.63, 3.8) is 0 Å². The monoisotopic (exact) mass is 563 g/mol. The van der Waals surface area contributed by atoms with Crippen molar-refractivity contribution in [1.82, 2.24) is 9.97 Å². The Labute approximate surface area is 242 Å². The molecule has 3 heterocycles. The number of halogens is 1. The molecule has 0 radical (unpaired) electrons. The van der Waals surface area contributed by atoms with Gasteiger partial charge in [0.25, 0.3) is 0 Å². The molecule has 220 valence electrons. The van der Waals surface area contributed by atoms with E-state index in [0.29, 0.717) is 30.2 Å². The van der Waals surface area contributed by atoms with Crippen molar-refractivity contribution in [3.8, 4) is 17.0 Å². The van der Waals surface area contributed by atoms with Crippen LogP contribution in [0.1, 0.15) is 75.9 Å². The van der Waals surface area contributed by atoms with Gasteiger partial charge in [0.15, 0.2) is 6.10 Å². The van der Waals surface area contributed by atoms with E-state index in [1.54, 1.807) is 18.3 Å². The zero-order valence-electron chi connectivity index (χ0n) is 25.3. The minimum Gasteiger partial charge on any atom is -0.479 e. The maximum Gasteiger partial charge on any atom is 0.337 e. The molecule has 4 rings (SSSR count). The number of ether oxygens (including phenoxy) is 2. The molecule has 8 heteroatoms. The van der Waals surface area contributed by atoms with Crippen molar-refractivity contribution >= 4 is 11.7 Å². The molecule has 1 atom stereocenters. The Morgan fingerprint density at radius 2 is 1.76 bits per heavy atom. The standard InChI is InChI=1S/C33H42FN3O4/c1-21-18-24(19-36-30(21)40-17-12-23-8-10-25(34)11-9-23)26-20-35-22(2)27(29(31(38)39)41-32(3,4)5)28(26)37-15-13-33(6,7)14-16-37/h8-11,18-20,29H,12-17H2,1-7H3,(H,38,39)/t29-/m0/s1. The van der Waals surface area contributed by atoms with Crippen LogP contribution in [0.3, 0.4) is 0 Å². The summed E-state index contributed by atoms with van der Waals surface area (Å²) >= 11 is 0. The number of aliphatic carboxylic acids is 1. The van der Waals surface area contributed by atoms with Crippen LogP contribution >= 0.6 is 0 Å². The summed E-state index contributed by atoms with van der Waals surface area (Å²) in [6.45, 7) is 15.9. The molecule has 0 aliphatic carbocycles. The number of nitrogens with zero attached hydrogens (tertiary/aromatic N) is 3. The van der Waals surface area contributed by atoms with E-state index in [1.165, 1.54) is 12.1 Å². The van der Waals surface area contributed by atoms with Crippen LogP contribution in [-0.2, 0) is 16.0 Å². The highest BCUT2D eigenvalue weighted by Crippen LogP contribution is 2.43. The number of carbonyl (C=O) groups is 1. The van der Waals surface area contributed by atoms with Gasteiger partial charge in [0, 0.05) is 59.9 Å². The fraction of sp³-hybridized carbons (Fsp3) is 0.485. The summed E-state index contributed by atoms with van der Waals surface area (Å²) in [5, 5.41) is 10.3. The fourth-order valence-corrected chi connectivity index (χ4v) is 5.17. The molecule has 1 aliphatic heterocycles. The second kappa shape index (κ2) is 12.1. The van der Waals surface area contributed by atoms with Gasteiger partial charge in [0.05, 0.1) is 17.9 Å². The average molecular weight is 564 g/mol. The number of rotatable bonds is 9. The molecule has 2 aromatic heterocycles. The van der Waals surface area contributed by atoms with E-state index in [9.17, 15) is 14.3 Å². The number of hydrogen-bond acceptors (Lipinski definition) is 6. The Kier molecular flexibility index (Phi) is 9.02. The predicted molar refractivity (Wildman–Crippen MR) is 159 cm³/mol. The lowest BCUT2D eigenvalue weighted by molar-refractivity contribution is -0.160. The highest BCUT2D eigenvalue weighted by atomic mass is 19.1. The van der Waals surface area contributed by atoms with E-state index in [-0.39, 0.29) is 11.2 Å². The summed E-state index contributed by atoms with van der Waals surface area (Å²) in [4.78, 5) is 24.2. The van der Waals surface area contributed by atoms with Gasteiger partial charge in [-0.05, 0) is 76.6 Å². The van der Waals surface area contributed by atoms with Crippen molar-refractivity contribution < 1.29 is 23.8 Å². The van der Waals surface area contributed by atoms with Crippen molar-refractivity contribution in [2.75, 3.05) is 24.6 Å². The summed E-state index contributed by atoms with van der Waals surface area (Å²) in [7, 11) is 0. The first-order valence-corrected chi connectivity index (χ1v) is 14.2. The summed E-state index contributed by atoms with van der Waals surface area (Å²) in [6, 6.07) is 8.40. The van der Waals surface area contributed by atoms with Crippen LogP contribution in [0.2, 0.25) is 0 Å². The normalized spacial score (nSPS) is 16.0. The summed E-state index contributed by atoms with van der Waals surface area (Å²) in [5.41, 5.74) is 5.11. The average Bonchev–Trinajstić information content (AvgIpc) is 2.89. The molecule has 0 unspecified atom stereocenters. The molecule has 0 amide bonds. The number of hydrogen-bond donors (Lipinski definition) is 1. The van der Waals surface area contributed by atoms with Crippen LogP contribution in [0.15, 0.2) is 42.7 Å². The van der Waals surface area contributed by atoms with Crippen molar-refractivity contribution in [2.45, 2.75) is 79.4 Å². The summed E-state index contributed by atoms with van der Waals surface area (Å²) in [6.07, 6.45) is 5.01. The Bertz CT molecular complexity index is 1370. The lowest BCUT2D eigenvalue weighted by Crippen LogP contribution is -2.39. The minimum absolute atomic E-state index is 0.220. The van der Waals surface area contributed by atoms with Gasteiger partial charge < -0.3 is 19.5 Å². The molecular formula is C33H42FN3O4. The third-order valence-electron chi connectivity index (χ3n) is 7.56. The molecule has 1 fully saturated rings. The van der Waals surface area contributed by atoms with E-state index >= 15 is 0 Å². The second-order valence-electron chi connectivity index (χ2n) is 12.7. The quantitative estimate of drug-likeness (QED) is 0.298. The number of anilines is 1. The molecule has 7 nitrogen and oxygen atoms in total. The SMILES string of the molecule is Cc1cc(-c2cnc(C)c([C@H](OC(C)(C)C)C(=O)O)c2N2CCC(C)(C)CC2)cnc1OCCc1ccc(F)cc1. The van der Waals surface area contributed by atoms with E-state index < -0.39 is 17.7 Å². The maximum absolute atomic E-state index is 13.2. The second-order valence-corrected chi connectivity index (χ2v) is 12.7. The molecule has 0 bridgehead atoms. The third-order valence-corrected chi connectivity index (χ3v) is 7.56. The van der Waals surface area contributed by atoms with Crippen LogP contribution < -0.4 is 9.64 Å². The Balaban J connectivity index is 1.71. The molecule has 1 saturated heterocycles. The third kappa shape index (κ3) is 7.61. The van der Waals surface area contributed by atoms with Crippen LogP contribution in [0.4, 0.5) is 10.1 Å². The van der Waals surface area contributed by atoms with E-state index in [0.717, 1.165) is 53.9 Å². The van der Waals surface area contributed by atoms with E-state index in [1.807, 2.05) is 46.9 Å². The predicted octanol–water partition coefficient (Wildman–Crippen LogP) is 7.09. The molecular weight excluding hydrogens is 521 g/mol.